The van der Waals surface area contributed by atoms with Gasteiger partial charge in [0.15, 0.2) is 0 Å². The number of aryl methyl sites for hydroxylation is 2. The average molecular weight is 247 g/mol. The molecule has 6 heteroatoms. The Morgan fingerprint density at radius 3 is 2.83 bits per heavy atom. The molecule has 0 unspecified atom stereocenters. The molecule has 0 atom stereocenters. The Labute approximate surface area is 104 Å². The van der Waals surface area contributed by atoms with Crippen LogP contribution in [0.3, 0.4) is 0 Å². The number of aromatic carboxylic acids is 1. The summed E-state index contributed by atoms with van der Waals surface area (Å²) in [5.41, 5.74) is 1.67. The molecule has 0 saturated carbocycles. The molecule has 2 rings (SSSR count). The average Bonchev–Trinajstić information content (AvgIpc) is 2.72. The van der Waals surface area contributed by atoms with E-state index in [1.54, 1.807) is 37.0 Å². The molecular weight excluding hydrogens is 234 g/mol. The number of hydrogen-bond acceptors (Lipinski definition) is 4. The van der Waals surface area contributed by atoms with Gasteiger partial charge in [-0.3, -0.25) is 4.68 Å². The van der Waals surface area contributed by atoms with Crippen molar-refractivity contribution in [2.45, 2.75) is 13.5 Å². The number of rotatable bonds is 4. The second-order valence-corrected chi connectivity index (χ2v) is 3.95. The predicted octanol–water partition coefficient (Wildman–Crippen LogP) is 1.40. The minimum Gasteiger partial charge on any atom is -0.487 e. The van der Waals surface area contributed by atoms with E-state index in [2.05, 4.69) is 10.3 Å². The smallest absolute Gasteiger partial charge is 0.335 e. The van der Waals surface area contributed by atoms with Gasteiger partial charge in [0.05, 0.1) is 11.8 Å². The van der Waals surface area contributed by atoms with Crippen LogP contribution in [0.25, 0.3) is 0 Å². The van der Waals surface area contributed by atoms with Crippen LogP contribution in [0.15, 0.2) is 24.4 Å². The van der Waals surface area contributed by atoms with Crippen molar-refractivity contribution in [2.24, 2.45) is 7.05 Å². The largest absolute Gasteiger partial charge is 0.487 e. The second-order valence-electron chi connectivity index (χ2n) is 3.95. The van der Waals surface area contributed by atoms with Gasteiger partial charge < -0.3 is 9.84 Å². The third-order valence-corrected chi connectivity index (χ3v) is 2.47. The van der Waals surface area contributed by atoms with E-state index in [0.29, 0.717) is 17.9 Å². The van der Waals surface area contributed by atoms with Crippen LogP contribution in [0.5, 0.6) is 5.75 Å². The van der Waals surface area contributed by atoms with Crippen molar-refractivity contribution in [1.29, 1.82) is 0 Å². The van der Waals surface area contributed by atoms with Gasteiger partial charge in [0.2, 0.25) is 0 Å². The standard InChI is InChI=1S/C12H13N3O3/c1-8-5-10(3-4-11(8)12(16)17)18-7-9-6-15(2)14-13-9/h3-6H,7H2,1-2H3,(H,16,17). The summed E-state index contributed by atoms with van der Waals surface area (Å²) >= 11 is 0. The Bertz CT molecular complexity index is 578. The highest BCUT2D eigenvalue weighted by Gasteiger charge is 2.08. The van der Waals surface area contributed by atoms with E-state index in [0.717, 1.165) is 5.69 Å². The molecule has 0 fully saturated rings. The molecule has 1 aromatic carbocycles. The topological polar surface area (TPSA) is 77.2 Å². The predicted molar refractivity (Wildman–Crippen MR) is 63.5 cm³/mol. The first-order valence-corrected chi connectivity index (χ1v) is 5.38. The number of benzene rings is 1. The normalized spacial score (nSPS) is 10.3. The van der Waals surface area contributed by atoms with Crippen LogP contribution in [0, 0.1) is 6.92 Å². The zero-order valence-electron chi connectivity index (χ0n) is 10.1. The Balaban J connectivity index is 2.06. The number of aromatic nitrogens is 3. The van der Waals surface area contributed by atoms with E-state index < -0.39 is 5.97 Å². The molecule has 0 amide bonds. The quantitative estimate of drug-likeness (QED) is 0.883. The van der Waals surface area contributed by atoms with E-state index >= 15 is 0 Å². The lowest BCUT2D eigenvalue weighted by Crippen LogP contribution is -2.01. The molecule has 2 aromatic rings. The Morgan fingerprint density at radius 1 is 1.50 bits per heavy atom. The lowest BCUT2D eigenvalue weighted by atomic mass is 10.1. The van der Waals surface area contributed by atoms with E-state index in [4.69, 9.17) is 9.84 Å². The number of carboxylic acid groups (broad SMARTS) is 1. The summed E-state index contributed by atoms with van der Waals surface area (Å²) in [5.74, 6) is -0.323. The molecule has 1 N–H and O–H groups in total. The van der Waals surface area contributed by atoms with Crippen LogP contribution in [0.4, 0.5) is 0 Å². The van der Waals surface area contributed by atoms with Gasteiger partial charge in [0.25, 0.3) is 0 Å². The number of nitrogens with zero attached hydrogens (tertiary/aromatic N) is 3. The molecular formula is C12H13N3O3. The molecule has 0 aliphatic carbocycles. The summed E-state index contributed by atoms with van der Waals surface area (Å²) in [4.78, 5) is 10.9. The van der Waals surface area contributed by atoms with Gasteiger partial charge in [-0.1, -0.05) is 5.21 Å². The van der Waals surface area contributed by atoms with Crippen molar-refractivity contribution in [1.82, 2.24) is 15.0 Å². The van der Waals surface area contributed by atoms with Gasteiger partial charge in [-0.25, -0.2) is 4.79 Å². The maximum atomic E-state index is 10.9. The number of carboxylic acids is 1. The molecule has 1 aromatic heterocycles. The van der Waals surface area contributed by atoms with Gasteiger partial charge in [-0.15, -0.1) is 5.10 Å². The molecule has 94 valence electrons. The maximum absolute atomic E-state index is 10.9. The first-order chi connectivity index (χ1) is 8.56. The number of hydrogen-bond donors (Lipinski definition) is 1. The SMILES string of the molecule is Cc1cc(OCc2cn(C)nn2)ccc1C(=O)O. The fourth-order valence-electron chi connectivity index (χ4n) is 1.58. The zero-order valence-corrected chi connectivity index (χ0v) is 10.1. The lowest BCUT2D eigenvalue weighted by molar-refractivity contribution is 0.0696. The van der Waals surface area contributed by atoms with Gasteiger partial charge in [-0.2, -0.15) is 0 Å². The maximum Gasteiger partial charge on any atom is 0.335 e. The summed E-state index contributed by atoms with van der Waals surface area (Å²) < 4.78 is 7.11. The number of carbonyl (C=O) groups is 1. The van der Waals surface area contributed by atoms with E-state index in [1.807, 2.05) is 0 Å². The van der Waals surface area contributed by atoms with Crippen LogP contribution in [-0.4, -0.2) is 26.1 Å². The van der Waals surface area contributed by atoms with E-state index in [9.17, 15) is 4.79 Å². The Kier molecular flexibility index (Phi) is 3.27. The minimum atomic E-state index is -0.937. The summed E-state index contributed by atoms with van der Waals surface area (Å²) in [6.45, 7) is 2.04. The van der Waals surface area contributed by atoms with Crippen molar-refractivity contribution >= 4 is 5.97 Å². The minimum absolute atomic E-state index is 0.279. The summed E-state index contributed by atoms with van der Waals surface area (Å²) in [6, 6.07) is 4.86. The summed E-state index contributed by atoms with van der Waals surface area (Å²) in [6.07, 6.45) is 1.76. The zero-order chi connectivity index (χ0) is 13.1. The van der Waals surface area contributed by atoms with Crippen molar-refractivity contribution in [3.05, 3.63) is 41.2 Å². The van der Waals surface area contributed by atoms with Crippen LogP contribution in [-0.2, 0) is 13.7 Å². The fourth-order valence-corrected chi connectivity index (χ4v) is 1.58. The van der Waals surface area contributed by atoms with Gasteiger partial charge in [0.1, 0.15) is 18.1 Å². The number of ether oxygens (including phenoxy) is 1. The fraction of sp³-hybridized carbons (Fsp3) is 0.250. The monoisotopic (exact) mass is 247 g/mol. The molecule has 0 saturated heterocycles. The molecule has 0 bridgehead atoms. The van der Waals surface area contributed by atoms with Gasteiger partial charge in [-0.05, 0) is 30.7 Å². The Morgan fingerprint density at radius 2 is 2.28 bits per heavy atom. The third-order valence-electron chi connectivity index (χ3n) is 2.47. The van der Waals surface area contributed by atoms with Gasteiger partial charge >= 0.3 is 5.97 Å². The molecule has 6 nitrogen and oxygen atoms in total. The summed E-state index contributed by atoms with van der Waals surface area (Å²) in [5, 5.41) is 16.6. The van der Waals surface area contributed by atoms with Crippen molar-refractivity contribution in [3.8, 4) is 5.75 Å². The molecule has 0 aliphatic rings. The Hall–Kier alpha value is -2.37. The van der Waals surface area contributed by atoms with Crippen molar-refractivity contribution < 1.29 is 14.6 Å². The lowest BCUT2D eigenvalue weighted by Gasteiger charge is -2.06. The first kappa shape index (κ1) is 12.1. The van der Waals surface area contributed by atoms with Crippen LogP contribution < -0.4 is 4.74 Å². The highest BCUT2D eigenvalue weighted by Crippen LogP contribution is 2.18. The highest BCUT2D eigenvalue weighted by molar-refractivity contribution is 5.89. The molecule has 0 radical (unpaired) electrons. The summed E-state index contributed by atoms with van der Waals surface area (Å²) in [7, 11) is 1.78. The van der Waals surface area contributed by atoms with E-state index in [-0.39, 0.29) is 5.56 Å². The highest BCUT2D eigenvalue weighted by atomic mass is 16.5. The van der Waals surface area contributed by atoms with E-state index in [1.165, 1.54) is 6.07 Å². The van der Waals surface area contributed by atoms with Crippen LogP contribution in [0.1, 0.15) is 21.6 Å². The van der Waals surface area contributed by atoms with Crippen LogP contribution in [0.2, 0.25) is 0 Å². The molecule has 1 heterocycles. The van der Waals surface area contributed by atoms with Crippen molar-refractivity contribution in [2.75, 3.05) is 0 Å². The molecule has 0 aliphatic heterocycles. The van der Waals surface area contributed by atoms with Crippen LogP contribution >= 0.6 is 0 Å². The third kappa shape index (κ3) is 2.65. The molecule has 18 heavy (non-hydrogen) atoms. The first-order valence-electron chi connectivity index (χ1n) is 5.38. The second kappa shape index (κ2) is 4.87. The molecule has 0 spiro atoms. The van der Waals surface area contributed by atoms with Crippen molar-refractivity contribution in [3.63, 3.8) is 0 Å². The van der Waals surface area contributed by atoms with Gasteiger partial charge in [0, 0.05) is 7.05 Å².